The van der Waals surface area contributed by atoms with Crippen molar-refractivity contribution in [2.75, 3.05) is 6.54 Å². The van der Waals surface area contributed by atoms with Crippen molar-refractivity contribution in [1.82, 2.24) is 0 Å². The third-order valence-corrected chi connectivity index (χ3v) is 4.98. The predicted molar refractivity (Wildman–Crippen MR) is 86.3 cm³/mol. The molecule has 1 aromatic rings. The van der Waals surface area contributed by atoms with Crippen molar-refractivity contribution in [3.8, 4) is 0 Å². The molecule has 22 heavy (non-hydrogen) atoms. The van der Waals surface area contributed by atoms with Crippen LogP contribution in [0.25, 0.3) is 0 Å². The molecule has 1 fully saturated rings. The van der Waals surface area contributed by atoms with E-state index in [1.54, 1.807) is 0 Å². The van der Waals surface area contributed by atoms with Crippen molar-refractivity contribution in [2.24, 2.45) is 17.3 Å². The van der Waals surface area contributed by atoms with Gasteiger partial charge < -0.3 is 0 Å². The standard InChI is InChI=1S/C18H25NO3/c1-18(2,3)14-9-10-17(20)15(11-14)16(12-19(21)22)13-7-5-4-6-8-13/h4-8,14-16H,9-12H2,1-3H3/t14-,15-,16-/m0/s1. The van der Waals surface area contributed by atoms with Crippen LogP contribution >= 0.6 is 0 Å². The molecular weight excluding hydrogens is 278 g/mol. The molecule has 3 atom stereocenters. The van der Waals surface area contributed by atoms with Crippen molar-refractivity contribution in [1.29, 1.82) is 0 Å². The van der Waals surface area contributed by atoms with Crippen LogP contribution in [0.5, 0.6) is 0 Å². The first kappa shape index (κ1) is 16.7. The monoisotopic (exact) mass is 303 g/mol. The Morgan fingerprint density at radius 3 is 2.45 bits per heavy atom. The minimum atomic E-state index is -0.311. The first-order valence-corrected chi connectivity index (χ1v) is 7.98. The predicted octanol–water partition coefficient (Wildman–Crippen LogP) is 4.08. The number of hydrogen-bond donors (Lipinski definition) is 0. The molecule has 1 saturated carbocycles. The van der Waals surface area contributed by atoms with Gasteiger partial charge in [0.1, 0.15) is 5.78 Å². The summed E-state index contributed by atoms with van der Waals surface area (Å²) in [7, 11) is 0. The van der Waals surface area contributed by atoms with Crippen LogP contribution in [0.4, 0.5) is 0 Å². The first-order valence-electron chi connectivity index (χ1n) is 7.98. The fourth-order valence-corrected chi connectivity index (χ4v) is 3.56. The van der Waals surface area contributed by atoms with E-state index in [1.165, 1.54) is 0 Å². The molecule has 1 aromatic carbocycles. The molecule has 4 nitrogen and oxygen atoms in total. The van der Waals surface area contributed by atoms with E-state index in [4.69, 9.17) is 0 Å². The lowest BCUT2D eigenvalue weighted by Gasteiger charge is -2.39. The highest BCUT2D eigenvalue weighted by molar-refractivity contribution is 5.82. The summed E-state index contributed by atoms with van der Waals surface area (Å²) in [6, 6.07) is 9.48. The molecule has 0 aliphatic heterocycles. The summed E-state index contributed by atoms with van der Waals surface area (Å²) in [5, 5.41) is 11.1. The van der Waals surface area contributed by atoms with Crippen LogP contribution in [0.15, 0.2) is 30.3 Å². The molecule has 0 bridgehead atoms. The minimum absolute atomic E-state index is 0.134. The number of carbonyl (C=O) groups excluding carboxylic acids is 1. The molecule has 0 saturated heterocycles. The van der Waals surface area contributed by atoms with E-state index < -0.39 is 0 Å². The number of Topliss-reactive ketones (excluding diaryl/α,β-unsaturated/α-hetero) is 1. The molecular formula is C18H25NO3. The number of nitro groups is 1. The highest BCUT2D eigenvalue weighted by Crippen LogP contribution is 2.43. The van der Waals surface area contributed by atoms with E-state index in [-0.39, 0.29) is 34.5 Å². The summed E-state index contributed by atoms with van der Waals surface area (Å²) >= 11 is 0. The molecule has 120 valence electrons. The Labute approximate surface area is 132 Å². The van der Waals surface area contributed by atoms with Gasteiger partial charge in [-0.2, -0.15) is 0 Å². The van der Waals surface area contributed by atoms with E-state index in [1.807, 2.05) is 30.3 Å². The van der Waals surface area contributed by atoms with Gasteiger partial charge >= 0.3 is 0 Å². The molecule has 0 N–H and O–H groups in total. The molecule has 4 heteroatoms. The van der Waals surface area contributed by atoms with Gasteiger partial charge in [0, 0.05) is 17.3 Å². The first-order chi connectivity index (χ1) is 10.3. The lowest BCUT2D eigenvalue weighted by molar-refractivity contribution is -0.484. The van der Waals surface area contributed by atoms with E-state index >= 15 is 0 Å². The fourth-order valence-electron chi connectivity index (χ4n) is 3.56. The summed E-state index contributed by atoms with van der Waals surface area (Å²) < 4.78 is 0. The van der Waals surface area contributed by atoms with Gasteiger partial charge in [0.15, 0.2) is 0 Å². The molecule has 0 unspecified atom stereocenters. The van der Waals surface area contributed by atoms with Gasteiger partial charge in [0.05, 0.1) is 5.92 Å². The van der Waals surface area contributed by atoms with E-state index in [0.29, 0.717) is 12.3 Å². The molecule has 1 aliphatic rings. The third-order valence-electron chi connectivity index (χ3n) is 4.98. The molecule has 0 spiro atoms. The number of hydrogen-bond acceptors (Lipinski definition) is 3. The van der Waals surface area contributed by atoms with Gasteiger partial charge in [-0.1, -0.05) is 51.1 Å². The zero-order valence-electron chi connectivity index (χ0n) is 13.6. The summed E-state index contributed by atoms with van der Waals surface area (Å²) in [4.78, 5) is 23.3. The maximum Gasteiger partial charge on any atom is 0.211 e. The van der Waals surface area contributed by atoms with Crippen LogP contribution in [0.3, 0.4) is 0 Å². The molecule has 0 heterocycles. The smallest absolute Gasteiger partial charge is 0.211 e. The van der Waals surface area contributed by atoms with Crippen LogP contribution < -0.4 is 0 Å². The summed E-state index contributed by atoms with van der Waals surface area (Å²) in [5.41, 5.74) is 1.04. The molecule has 0 radical (unpaired) electrons. The summed E-state index contributed by atoms with van der Waals surface area (Å²) in [5.74, 6) is 0.0870. The van der Waals surface area contributed by atoms with Crippen molar-refractivity contribution in [3.63, 3.8) is 0 Å². The quantitative estimate of drug-likeness (QED) is 0.622. The van der Waals surface area contributed by atoms with Gasteiger partial charge in [0.2, 0.25) is 6.54 Å². The minimum Gasteiger partial charge on any atom is -0.299 e. The zero-order valence-corrected chi connectivity index (χ0v) is 13.6. The van der Waals surface area contributed by atoms with Gasteiger partial charge in [-0.05, 0) is 29.7 Å². The molecule has 1 aliphatic carbocycles. The van der Waals surface area contributed by atoms with Crippen LogP contribution in [-0.2, 0) is 4.79 Å². The topological polar surface area (TPSA) is 60.2 Å². The van der Waals surface area contributed by atoms with Crippen molar-refractivity contribution in [3.05, 3.63) is 46.0 Å². The Balaban J connectivity index is 2.29. The van der Waals surface area contributed by atoms with Crippen molar-refractivity contribution < 1.29 is 9.72 Å². The number of carbonyl (C=O) groups is 1. The van der Waals surface area contributed by atoms with Crippen molar-refractivity contribution in [2.45, 2.75) is 46.0 Å². The van der Waals surface area contributed by atoms with Crippen molar-refractivity contribution >= 4 is 5.78 Å². The van der Waals surface area contributed by atoms with E-state index in [2.05, 4.69) is 20.8 Å². The summed E-state index contributed by atoms with van der Waals surface area (Å²) in [6.45, 7) is 6.40. The second-order valence-electron chi connectivity index (χ2n) is 7.44. The maximum atomic E-state index is 12.4. The van der Waals surface area contributed by atoms with Gasteiger partial charge in [-0.25, -0.2) is 0 Å². The van der Waals surface area contributed by atoms with E-state index in [9.17, 15) is 14.9 Å². The normalized spacial score (nSPS) is 24.0. The lowest BCUT2D eigenvalue weighted by Crippen LogP contribution is -2.37. The lowest BCUT2D eigenvalue weighted by atomic mass is 9.65. The number of benzene rings is 1. The number of ketones is 1. The zero-order chi connectivity index (χ0) is 16.3. The van der Waals surface area contributed by atoms with Crippen LogP contribution in [-0.4, -0.2) is 17.3 Å². The fraction of sp³-hybridized carbons (Fsp3) is 0.611. The van der Waals surface area contributed by atoms with Crippen LogP contribution in [0.2, 0.25) is 0 Å². The highest BCUT2D eigenvalue weighted by atomic mass is 16.6. The molecule has 0 amide bonds. The number of nitrogens with zero attached hydrogens (tertiary/aromatic N) is 1. The Morgan fingerprint density at radius 1 is 1.27 bits per heavy atom. The Morgan fingerprint density at radius 2 is 1.91 bits per heavy atom. The number of rotatable bonds is 4. The maximum absolute atomic E-state index is 12.4. The van der Waals surface area contributed by atoms with Gasteiger partial charge in [-0.15, -0.1) is 0 Å². The largest absolute Gasteiger partial charge is 0.299 e. The van der Waals surface area contributed by atoms with Gasteiger partial charge in [0.25, 0.3) is 0 Å². The summed E-state index contributed by atoms with van der Waals surface area (Å²) in [6.07, 6.45) is 2.21. The average Bonchev–Trinajstić information content (AvgIpc) is 2.45. The van der Waals surface area contributed by atoms with Gasteiger partial charge in [-0.3, -0.25) is 14.9 Å². The van der Waals surface area contributed by atoms with Crippen LogP contribution in [0.1, 0.15) is 51.5 Å². The highest BCUT2D eigenvalue weighted by Gasteiger charge is 2.40. The van der Waals surface area contributed by atoms with E-state index in [0.717, 1.165) is 18.4 Å². The Bertz CT molecular complexity index is 533. The second-order valence-corrected chi connectivity index (χ2v) is 7.44. The molecule has 2 rings (SSSR count). The average molecular weight is 303 g/mol. The molecule has 0 aromatic heterocycles. The Kier molecular flexibility index (Phi) is 4.99. The SMILES string of the molecule is CC(C)(C)[C@H]1CCC(=O)[C@H]([C@@H](C[N+](=O)[O-])c2ccccc2)C1. The Hall–Kier alpha value is -1.71. The third kappa shape index (κ3) is 3.93. The second kappa shape index (κ2) is 6.59. The van der Waals surface area contributed by atoms with Crippen LogP contribution in [0, 0.1) is 27.4 Å².